The van der Waals surface area contributed by atoms with Crippen molar-refractivity contribution in [3.8, 4) is 22.5 Å². The minimum absolute atomic E-state index is 0.258. The van der Waals surface area contributed by atoms with Gasteiger partial charge in [0.2, 0.25) is 0 Å². The molecule has 2 aromatic rings. The molecule has 0 N–H and O–H groups in total. The van der Waals surface area contributed by atoms with Gasteiger partial charge in [-0.3, -0.25) is 9.48 Å². The Hall–Kier alpha value is -2.79. The van der Waals surface area contributed by atoms with Gasteiger partial charge in [0.25, 0.3) is 5.56 Å². The van der Waals surface area contributed by atoms with Crippen molar-refractivity contribution in [3.63, 3.8) is 0 Å². The molecular weight excluding hydrogens is 378 g/mol. The summed E-state index contributed by atoms with van der Waals surface area (Å²) in [7, 11) is 0. The van der Waals surface area contributed by atoms with Gasteiger partial charge in [0.1, 0.15) is 11.4 Å². The van der Waals surface area contributed by atoms with Gasteiger partial charge in [-0.25, -0.2) is 4.98 Å². The number of halogens is 1. The fraction of sp³-hybridized carbons (Fsp3) is 0.0500. The third-order valence-corrected chi connectivity index (χ3v) is 4.42. The van der Waals surface area contributed by atoms with Crippen molar-refractivity contribution in [1.29, 1.82) is 0 Å². The van der Waals surface area contributed by atoms with Crippen LogP contribution in [0, 0.1) is 0 Å². The Morgan fingerprint density at radius 3 is 2.52 bits per heavy atom. The number of pyridine rings is 1. The second-order valence-corrected chi connectivity index (χ2v) is 6.67. The lowest BCUT2D eigenvalue weighted by molar-refractivity contribution is 0.668. The molecule has 0 fully saturated rings. The lowest BCUT2D eigenvalue weighted by Gasteiger charge is -2.15. The molecule has 0 saturated carbocycles. The summed E-state index contributed by atoms with van der Waals surface area (Å²) in [6.07, 6.45) is 1.93. The molecule has 25 heavy (non-hydrogen) atoms. The molecule has 2 aromatic carbocycles. The Labute approximate surface area is 153 Å². The van der Waals surface area contributed by atoms with Crippen molar-refractivity contribution in [2.24, 2.45) is 0 Å². The normalized spacial score (nSPS) is 10.9. The highest BCUT2D eigenvalue weighted by atomic mass is 79.9. The number of aromatic nitrogens is 3. The van der Waals surface area contributed by atoms with Gasteiger partial charge in [0.15, 0.2) is 0 Å². The molecule has 0 aliphatic carbocycles. The summed E-state index contributed by atoms with van der Waals surface area (Å²) >= 11 is 3.49. The van der Waals surface area contributed by atoms with E-state index in [1.54, 1.807) is 6.07 Å². The van der Waals surface area contributed by atoms with E-state index in [0.29, 0.717) is 17.9 Å². The van der Waals surface area contributed by atoms with E-state index in [9.17, 15) is 4.79 Å². The maximum Gasteiger partial charge on any atom is 0.270 e. The molecule has 122 valence electrons. The van der Waals surface area contributed by atoms with E-state index in [0.717, 1.165) is 21.2 Å². The van der Waals surface area contributed by atoms with E-state index in [2.05, 4.69) is 33.0 Å². The van der Waals surface area contributed by atoms with Crippen LogP contribution in [0.25, 0.3) is 22.5 Å². The molecule has 0 unspecified atom stereocenters. The Balaban J connectivity index is 1.90. The van der Waals surface area contributed by atoms with Crippen LogP contribution in [0.1, 0.15) is 5.56 Å². The molecular formula is C20H14BrN3O. The van der Waals surface area contributed by atoms with Crippen molar-refractivity contribution in [3.05, 3.63) is 93.3 Å². The van der Waals surface area contributed by atoms with Gasteiger partial charge in [-0.05, 0) is 23.8 Å². The molecule has 0 bridgehead atoms. The van der Waals surface area contributed by atoms with Crippen LogP contribution in [0.3, 0.4) is 0 Å². The van der Waals surface area contributed by atoms with Gasteiger partial charge in [-0.2, -0.15) is 5.10 Å². The molecule has 2 aliphatic rings. The van der Waals surface area contributed by atoms with Gasteiger partial charge in [-0.15, -0.1) is 0 Å². The molecule has 2 aliphatic heterocycles. The maximum atomic E-state index is 11.8. The SMILES string of the molecule is O=c1ccc2cn(Cc3ccccc3)nc(-c3cccc(Br)c3)c-2n1. The van der Waals surface area contributed by atoms with Crippen molar-refractivity contribution in [2.75, 3.05) is 0 Å². The monoisotopic (exact) mass is 391 g/mol. The van der Waals surface area contributed by atoms with Crippen LogP contribution in [0.5, 0.6) is 0 Å². The fourth-order valence-corrected chi connectivity index (χ4v) is 3.19. The van der Waals surface area contributed by atoms with Crippen LogP contribution < -0.4 is 5.56 Å². The van der Waals surface area contributed by atoms with E-state index in [1.165, 1.54) is 6.07 Å². The number of fused-ring (bicyclic) bond motifs is 1. The van der Waals surface area contributed by atoms with E-state index < -0.39 is 0 Å². The molecule has 4 nitrogen and oxygen atoms in total. The van der Waals surface area contributed by atoms with Gasteiger partial charge in [0.05, 0.1) is 6.54 Å². The number of hydrogen-bond donors (Lipinski definition) is 0. The zero-order valence-corrected chi connectivity index (χ0v) is 14.8. The maximum absolute atomic E-state index is 11.8. The summed E-state index contributed by atoms with van der Waals surface area (Å²) in [6, 6.07) is 21.3. The van der Waals surface area contributed by atoms with Crippen LogP contribution in [0.4, 0.5) is 0 Å². The molecule has 0 radical (unpaired) electrons. The summed E-state index contributed by atoms with van der Waals surface area (Å²) in [5.74, 6) is 0. The van der Waals surface area contributed by atoms with Crippen molar-refractivity contribution in [1.82, 2.24) is 14.8 Å². The Bertz CT molecular complexity index is 1060. The molecule has 0 atom stereocenters. The summed E-state index contributed by atoms with van der Waals surface area (Å²) in [6.45, 7) is 0.650. The summed E-state index contributed by atoms with van der Waals surface area (Å²) in [5.41, 5.74) is 4.03. The average Bonchev–Trinajstić information content (AvgIpc) is 2.62. The first-order chi connectivity index (χ1) is 12.2. The Kier molecular flexibility index (Phi) is 4.15. The Morgan fingerprint density at radius 1 is 0.880 bits per heavy atom. The van der Waals surface area contributed by atoms with E-state index in [-0.39, 0.29) is 5.56 Å². The third kappa shape index (κ3) is 3.37. The van der Waals surface area contributed by atoms with Gasteiger partial charge >= 0.3 is 0 Å². The topological polar surface area (TPSA) is 47.8 Å². The highest BCUT2D eigenvalue weighted by molar-refractivity contribution is 9.10. The van der Waals surface area contributed by atoms with E-state index in [4.69, 9.17) is 5.10 Å². The fourth-order valence-electron chi connectivity index (χ4n) is 2.79. The number of rotatable bonds is 3. The molecule has 2 heterocycles. The first kappa shape index (κ1) is 15.7. The van der Waals surface area contributed by atoms with E-state index in [1.807, 2.05) is 53.3 Å². The number of hydrogen-bond acceptors (Lipinski definition) is 3. The van der Waals surface area contributed by atoms with Crippen LogP contribution in [-0.4, -0.2) is 14.8 Å². The second-order valence-electron chi connectivity index (χ2n) is 5.76. The summed E-state index contributed by atoms with van der Waals surface area (Å²) < 4.78 is 2.84. The highest BCUT2D eigenvalue weighted by Gasteiger charge is 2.15. The number of nitrogens with zero attached hydrogens (tertiary/aromatic N) is 3. The summed E-state index contributed by atoms with van der Waals surface area (Å²) in [5, 5.41) is 4.74. The standard InChI is InChI=1S/C20H14BrN3O/c21-17-8-4-7-15(11-17)20-19-16(9-10-18(25)22-19)13-24(23-20)12-14-5-2-1-3-6-14/h1-11,13H,12H2. The van der Waals surface area contributed by atoms with Gasteiger partial charge in [-0.1, -0.05) is 58.4 Å². The Morgan fingerprint density at radius 2 is 1.72 bits per heavy atom. The molecule has 0 saturated heterocycles. The zero-order valence-electron chi connectivity index (χ0n) is 13.3. The predicted octanol–water partition coefficient (Wildman–Crippen LogP) is 4.22. The van der Waals surface area contributed by atoms with Crippen molar-refractivity contribution in [2.45, 2.75) is 6.54 Å². The first-order valence-electron chi connectivity index (χ1n) is 7.87. The lowest BCUT2D eigenvalue weighted by Crippen LogP contribution is -2.13. The smallest absolute Gasteiger partial charge is 0.267 e. The number of benzene rings is 2. The zero-order chi connectivity index (χ0) is 17.2. The van der Waals surface area contributed by atoms with E-state index >= 15 is 0 Å². The third-order valence-electron chi connectivity index (χ3n) is 3.93. The molecule has 0 spiro atoms. The lowest BCUT2D eigenvalue weighted by atomic mass is 10.0. The highest BCUT2D eigenvalue weighted by Crippen LogP contribution is 2.30. The largest absolute Gasteiger partial charge is 0.270 e. The van der Waals surface area contributed by atoms with Crippen molar-refractivity contribution < 1.29 is 0 Å². The van der Waals surface area contributed by atoms with Crippen LogP contribution >= 0.6 is 15.9 Å². The molecule has 0 aromatic heterocycles. The van der Waals surface area contributed by atoms with Crippen LogP contribution in [0.2, 0.25) is 0 Å². The minimum atomic E-state index is -0.258. The second kappa shape index (κ2) is 6.61. The predicted molar refractivity (Wildman–Crippen MR) is 102 cm³/mol. The summed E-state index contributed by atoms with van der Waals surface area (Å²) in [4.78, 5) is 15.9. The van der Waals surface area contributed by atoms with Gasteiger partial charge < -0.3 is 0 Å². The first-order valence-corrected chi connectivity index (χ1v) is 8.67. The quantitative estimate of drug-likeness (QED) is 0.525. The average molecular weight is 392 g/mol. The molecule has 5 heteroatoms. The van der Waals surface area contributed by atoms with Crippen molar-refractivity contribution >= 4 is 15.9 Å². The van der Waals surface area contributed by atoms with Crippen LogP contribution in [0.15, 0.2) is 82.2 Å². The molecule has 0 amide bonds. The molecule has 4 rings (SSSR count). The minimum Gasteiger partial charge on any atom is -0.267 e. The van der Waals surface area contributed by atoms with Crippen LogP contribution in [-0.2, 0) is 6.54 Å². The van der Waals surface area contributed by atoms with Gasteiger partial charge in [0, 0.05) is 27.9 Å².